The number of sulfone groups is 1. The molecule has 0 aliphatic heterocycles. The Labute approximate surface area is 88.0 Å². The first-order chi connectivity index (χ1) is 6.48. The highest BCUT2D eigenvalue weighted by Gasteiger charge is 2.10. The highest BCUT2D eigenvalue weighted by molar-refractivity contribution is 7.91. The molecule has 0 saturated carbocycles. The number of rotatable bonds is 8. The maximum absolute atomic E-state index is 11.4. The van der Waals surface area contributed by atoms with Crippen LogP contribution in [-0.2, 0) is 9.84 Å². The molecular weight excluding hydrogens is 198 g/mol. The van der Waals surface area contributed by atoms with Gasteiger partial charge in [0.25, 0.3) is 0 Å². The standard InChI is InChI=1S/C10H23NO2S/c1-3-4-5-6-8-14(12,13)9-7-10(2)11/h10H,3-9,11H2,1-2H3. The van der Waals surface area contributed by atoms with Crippen LogP contribution in [0.1, 0.15) is 46.0 Å². The van der Waals surface area contributed by atoms with Crippen molar-refractivity contribution in [3.8, 4) is 0 Å². The van der Waals surface area contributed by atoms with Crippen LogP contribution in [0.5, 0.6) is 0 Å². The van der Waals surface area contributed by atoms with E-state index < -0.39 is 9.84 Å². The number of unbranched alkanes of at least 4 members (excludes halogenated alkanes) is 3. The second-order valence-electron chi connectivity index (χ2n) is 3.98. The van der Waals surface area contributed by atoms with Gasteiger partial charge >= 0.3 is 0 Å². The minimum absolute atomic E-state index is 0.0135. The van der Waals surface area contributed by atoms with E-state index in [9.17, 15) is 8.42 Å². The van der Waals surface area contributed by atoms with Crippen molar-refractivity contribution in [2.75, 3.05) is 11.5 Å². The highest BCUT2D eigenvalue weighted by Crippen LogP contribution is 2.04. The van der Waals surface area contributed by atoms with Crippen LogP contribution < -0.4 is 5.73 Å². The smallest absolute Gasteiger partial charge is 0.150 e. The molecule has 0 amide bonds. The van der Waals surface area contributed by atoms with Crippen LogP contribution >= 0.6 is 0 Å². The van der Waals surface area contributed by atoms with Crippen LogP contribution in [-0.4, -0.2) is 26.0 Å². The topological polar surface area (TPSA) is 60.2 Å². The van der Waals surface area contributed by atoms with E-state index >= 15 is 0 Å². The lowest BCUT2D eigenvalue weighted by atomic mass is 10.2. The quantitative estimate of drug-likeness (QED) is 0.635. The van der Waals surface area contributed by atoms with Gasteiger partial charge in [-0.25, -0.2) is 8.42 Å². The van der Waals surface area contributed by atoms with Crippen molar-refractivity contribution < 1.29 is 8.42 Å². The third-order valence-electron chi connectivity index (χ3n) is 2.19. The minimum atomic E-state index is -2.84. The van der Waals surface area contributed by atoms with E-state index in [0.29, 0.717) is 12.2 Å². The van der Waals surface area contributed by atoms with Gasteiger partial charge in [0.05, 0.1) is 11.5 Å². The van der Waals surface area contributed by atoms with E-state index in [-0.39, 0.29) is 11.8 Å². The molecule has 1 atom stereocenters. The fourth-order valence-electron chi connectivity index (χ4n) is 1.22. The molecule has 0 aromatic rings. The molecule has 0 saturated heterocycles. The summed E-state index contributed by atoms with van der Waals surface area (Å²) >= 11 is 0. The van der Waals surface area contributed by atoms with Crippen molar-refractivity contribution >= 4 is 9.84 Å². The first-order valence-corrected chi connectivity index (χ1v) is 7.26. The fraction of sp³-hybridized carbons (Fsp3) is 1.00. The highest BCUT2D eigenvalue weighted by atomic mass is 32.2. The summed E-state index contributed by atoms with van der Waals surface area (Å²) in [6.07, 6.45) is 4.67. The van der Waals surface area contributed by atoms with Gasteiger partial charge in [0.15, 0.2) is 0 Å². The van der Waals surface area contributed by atoms with Crippen LogP contribution in [0.25, 0.3) is 0 Å². The van der Waals surface area contributed by atoms with Crippen molar-refractivity contribution in [3.63, 3.8) is 0 Å². The van der Waals surface area contributed by atoms with E-state index in [4.69, 9.17) is 5.73 Å². The molecule has 0 aromatic heterocycles. The van der Waals surface area contributed by atoms with Gasteiger partial charge in [-0.3, -0.25) is 0 Å². The second kappa shape index (κ2) is 7.23. The Balaban J connectivity index is 3.62. The Morgan fingerprint density at radius 3 is 2.29 bits per heavy atom. The molecule has 0 fully saturated rings. The van der Waals surface area contributed by atoms with Gasteiger partial charge in [-0.1, -0.05) is 26.2 Å². The molecule has 14 heavy (non-hydrogen) atoms. The number of hydrogen-bond acceptors (Lipinski definition) is 3. The van der Waals surface area contributed by atoms with Gasteiger partial charge in [-0.05, 0) is 19.8 Å². The third-order valence-corrected chi connectivity index (χ3v) is 3.96. The first kappa shape index (κ1) is 13.9. The summed E-state index contributed by atoms with van der Waals surface area (Å²) in [5, 5.41) is 0. The Kier molecular flexibility index (Phi) is 7.19. The van der Waals surface area contributed by atoms with Crippen molar-refractivity contribution in [1.29, 1.82) is 0 Å². The predicted molar refractivity (Wildman–Crippen MR) is 61.1 cm³/mol. The van der Waals surface area contributed by atoms with Gasteiger partial charge in [-0.15, -0.1) is 0 Å². The average Bonchev–Trinajstić information content (AvgIpc) is 2.10. The van der Waals surface area contributed by atoms with E-state index in [1.165, 1.54) is 0 Å². The predicted octanol–water partition coefficient (Wildman–Crippen LogP) is 1.72. The van der Waals surface area contributed by atoms with Crippen LogP contribution in [0, 0.1) is 0 Å². The Bertz CT molecular complexity index is 222. The molecule has 0 heterocycles. The summed E-state index contributed by atoms with van der Waals surface area (Å²) in [6, 6.07) is -0.0135. The molecule has 0 aromatic carbocycles. The van der Waals surface area contributed by atoms with Crippen molar-refractivity contribution in [2.45, 2.75) is 52.0 Å². The maximum atomic E-state index is 11.4. The molecule has 0 aliphatic rings. The number of nitrogens with two attached hydrogens (primary N) is 1. The summed E-state index contributed by atoms with van der Waals surface area (Å²) < 4.78 is 22.9. The number of hydrogen-bond donors (Lipinski definition) is 1. The Hall–Kier alpha value is -0.0900. The van der Waals surface area contributed by atoms with Crippen molar-refractivity contribution in [2.24, 2.45) is 5.73 Å². The molecule has 3 nitrogen and oxygen atoms in total. The zero-order chi connectivity index (χ0) is 11.0. The molecule has 2 N–H and O–H groups in total. The molecule has 0 rings (SSSR count). The molecule has 86 valence electrons. The van der Waals surface area contributed by atoms with Crippen LogP contribution in [0.4, 0.5) is 0 Å². The Morgan fingerprint density at radius 2 is 1.79 bits per heavy atom. The van der Waals surface area contributed by atoms with Gasteiger partial charge in [0.1, 0.15) is 9.84 Å². The molecule has 0 aliphatic carbocycles. The van der Waals surface area contributed by atoms with E-state index in [1.807, 2.05) is 6.92 Å². The van der Waals surface area contributed by atoms with E-state index in [0.717, 1.165) is 25.7 Å². The van der Waals surface area contributed by atoms with E-state index in [2.05, 4.69) is 6.92 Å². The first-order valence-electron chi connectivity index (χ1n) is 5.44. The normalized spacial score (nSPS) is 14.2. The maximum Gasteiger partial charge on any atom is 0.150 e. The molecule has 0 spiro atoms. The minimum Gasteiger partial charge on any atom is -0.328 e. The summed E-state index contributed by atoms with van der Waals surface area (Å²) in [6.45, 7) is 3.96. The molecular formula is C10H23NO2S. The average molecular weight is 221 g/mol. The van der Waals surface area contributed by atoms with Gasteiger partial charge in [0.2, 0.25) is 0 Å². The van der Waals surface area contributed by atoms with Gasteiger partial charge in [-0.2, -0.15) is 0 Å². The van der Waals surface area contributed by atoms with Gasteiger partial charge in [0, 0.05) is 6.04 Å². The lowest BCUT2D eigenvalue weighted by Crippen LogP contribution is -2.21. The molecule has 4 heteroatoms. The third kappa shape index (κ3) is 8.51. The summed E-state index contributed by atoms with van der Waals surface area (Å²) in [5.74, 6) is 0.580. The summed E-state index contributed by atoms with van der Waals surface area (Å²) in [5.41, 5.74) is 5.51. The van der Waals surface area contributed by atoms with Crippen molar-refractivity contribution in [3.05, 3.63) is 0 Å². The molecule has 1 unspecified atom stereocenters. The lowest BCUT2D eigenvalue weighted by Gasteiger charge is -2.06. The van der Waals surface area contributed by atoms with Crippen molar-refractivity contribution in [1.82, 2.24) is 0 Å². The fourth-order valence-corrected chi connectivity index (χ4v) is 2.80. The summed E-state index contributed by atoms with van der Waals surface area (Å²) in [7, 11) is -2.84. The zero-order valence-electron chi connectivity index (χ0n) is 9.33. The monoisotopic (exact) mass is 221 g/mol. The zero-order valence-corrected chi connectivity index (χ0v) is 10.1. The van der Waals surface area contributed by atoms with Crippen LogP contribution in [0.3, 0.4) is 0 Å². The van der Waals surface area contributed by atoms with Crippen LogP contribution in [0.15, 0.2) is 0 Å². The van der Waals surface area contributed by atoms with E-state index in [1.54, 1.807) is 0 Å². The summed E-state index contributed by atoms with van der Waals surface area (Å²) in [4.78, 5) is 0. The lowest BCUT2D eigenvalue weighted by molar-refractivity contribution is 0.581. The van der Waals surface area contributed by atoms with Crippen LogP contribution in [0.2, 0.25) is 0 Å². The molecule has 0 radical (unpaired) electrons. The molecule has 0 bridgehead atoms. The second-order valence-corrected chi connectivity index (χ2v) is 6.28. The Morgan fingerprint density at radius 1 is 1.14 bits per heavy atom. The largest absolute Gasteiger partial charge is 0.328 e. The SMILES string of the molecule is CCCCCCS(=O)(=O)CCC(C)N. The van der Waals surface area contributed by atoms with Gasteiger partial charge < -0.3 is 5.73 Å².